The molecule has 1 fully saturated rings. The van der Waals surface area contributed by atoms with Crippen LogP contribution in [-0.4, -0.2) is 42.8 Å². The normalized spacial score (nSPS) is 18.4. The molecule has 1 aromatic heterocycles. The average Bonchev–Trinajstić information content (AvgIpc) is 2.62. The Morgan fingerprint density at radius 2 is 2.12 bits per heavy atom. The van der Waals surface area contributed by atoms with Gasteiger partial charge in [0.25, 0.3) is 5.91 Å². The molecule has 138 valence electrons. The quantitative estimate of drug-likeness (QED) is 0.834. The summed E-state index contributed by atoms with van der Waals surface area (Å²) >= 11 is 5.91. The lowest BCUT2D eigenvalue weighted by atomic mass is 10.1. The Labute approximate surface area is 156 Å². The molecule has 26 heavy (non-hydrogen) atoms. The number of nitrogens with zero attached hydrogens (tertiary/aromatic N) is 2. The van der Waals surface area contributed by atoms with E-state index < -0.39 is 15.9 Å². The summed E-state index contributed by atoms with van der Waals surface area (Å²) in [5.41, 5.74) is 5.32. The van der Waals surface area contributed by atoms with Crippen molar-refractivity contribution in [3.63, 3.8) is 0 Å². The number of primary amides is 1. The molecule has 1 aliphatic heterocycles. The number of ether oxygens (including phenoxy) is 1. The van der Waals surface area contributed by atoms with Crippen LogP contribution in [0.4, 0.5) is 0 Å². The zero-order valence-electron chi connectivity index (χ0n) is 13.8. The van der Waals surface area contributed by atoms with Crippen molar-refractivity contribution >= 4 is 27.5 Å². The summed E-state index contributed by atoms with van der Waals surface area (Å²) in [4.78, 5) is 15.2. The van der Waals surface area contributed by atoms with Gasteiger partial charge in [-0.3, -0.25) is 9.78 Å². The molecule has 1 unspecified atom stereocenters. The van der Waals surface area contributed by atoms with E-state index in [-0.39, 0.29) is 23.2 Å². The van der Waals surface area contributed by atoms with Crippen LogP contribution in [0.5, 0.6) is 5.75 Å². The first kappa shape index (κ1) is 18.6. The van der Waals surface area contributed by atoms with E-state index in [1.165, 1.54) is 28.7 Å². The SMILES string of the molecule is NC(=O)c1cc(OC2CCCN(S(=O)(=O)c3cccc(Cl)c3)C2)ccn1. The van der Waals surface area contributed by atoms with Crippen LogP contribution in [0.1, 0.15) is 23.3 Å². The number of halogens is 1. The van der Waals surface area contributed by atoms with Crippen LogP contribution < -0.4 is 10.5 Å². The summed E-state index contributed by atoms with van der Waals surface area (Å²) in [6.07, 6.45) is 2.47. The van der Waals surface area contributed by atoms with Gasteiger partial charge >= 0.3 is 0 Å². The molecule has 3 rings (SSSR count). The molecule has 2 aromatic rings. The van der Waals surface area contributed by atoms with Gasteiger partial charge in [-0.25, -0.2) is 8.42 Å². The van der Waals surface area contributed by atoms with Gasteiger partial charge in [0, 0.05) is 23.8 Å². The molecular weight excluding hydrogens is 378 g/mol. The molecule has 0 radical (unpaired) electrons. The predicted molar refractivity (Wildman–Crippen MR) is 96.6 cm³/mol. The zero-order valence-corrected chi connectivity index (χ0v) is 15.4. The lowest BCUT2D eigenvalue weighted by molar-refractivity contribution is 0.0993. The fraction of sp³-hybridized carbons (Fsp3) is 0.294. The third-order valence-electron chi connectivity index (χ3n) is 4.06. The second-order valence-corrected chi connectivity index (χ2v) is 8.32. The number of rotatable bonds is 5. The summed E-state index contributed by atoms with van der Waals surface area (Å²) in [7, 11) is -3.65. The van der Waals surface area contributed by atoms with Crippen molar-refractivity contribution in [1.29, 1.82) is 0 Å². The van der Waals surface area contributed by atoms with Crippen LogP contribution in [0.25, 0.3) is 0 Å². The molecule has 1 aromatic carbocycles. The van der Waals surface area contributed by atoms with Gasteiger partial charge < -0.3 is 10.5 Å². The third kappa shape index (κ3) is 4.14. The van der Waals surface area contributed by atoms with Gasteiger partial charge in [-0.1, -0.05) is 17.7 Å². The minimum atomic E-state index is -3.65. The zero-order chi connectivity index (χ0) is 18.7. The van der Waals surface area contributed by atoms with Crippen molar-refractivity contribution in [2.24, 2.45) is 5.73 Å². The predicted octanol–water partition coefficient (Wildman–Crippen LogP) is 2.07. The van der Waals surface area contributed by atoms with Gasteiger partial charge in [0.2, 0.25) is 10.0 Å². The van der Waals surface area contributed by atoms with E-state index >= 15 is 0 Å². The highest BCUT2D eigenvalue weighted by Crippen LogP contribution is 2.25. The highest BCUT2D eigenvalue weighted by molar-refractivity contribution is 7.89. The Kier molecular flexibility index (Phi) is 5.45. The van der Waals surface area contributed by atoms with E-state index in [2.05, 4.69) is 4.98 Å². The largest absolute Gasteiger partial charge is 0.489 e. The van der Waals surface area contributed by atoms with E-state index in [1.54, 1.807) is 18.2 Å². The van der Waals surface area contributed by atoms with Gasteiger partial charge in [-0.2, -0.15) is 4.31 Å². The van der Waals surface area contributed by atoms with Crippen molar-refractivity contribution in [3.8, 4) is 5.75 Å². The molecule has 1 aliphatic rings. The highest BCUT2D eigenvalue weighted by atomic mass is 35.5. The van der Waals surface area contributed by atoms with Crippen molar-refractivity contribution in [3.05, 3.63) is 53.3 Å². The van der Waals surface area contributed by atoms with E-state index in [4.69, 9.17) is 22.1 Å². The van der Waals surface area contributed by atoms with Crippen LogP contribution in [-0.2, 0) is 10.0 Å². The number of benzene rings is 1. The molecule has 2 N–H and O–H groups in total. The van der Waals surface area contributed by atoms with Crippen LogP contribution >= 0.6 is 11.6 Å². The number of hydrogen-bond donors (Lipinski definition) is 1. The maximum atomic E-state index is 12.8. The highest BCUT2D eigenvalue weighted by Gasteiger charge is 2.31. The molecule has 9 heteroatoms. The summed E-state index contributed by atoms with van der Waals surface area (Å²) in [6, 6.07) is 9.25. The van der Waals surface area contributed by atoms with Crippen LogP contribution in [0.2, 0.25) is 5.02 Å². The Bertz CT molecular complexity index is 920. The van der Waals surface area contributed by atoms with Crippen molar-refractivity contribution in [1.82, 2.24) is 9.29 Å². The smallest absolute Gasteiger partial charge is 0.267 e. The van der Waals surface area contributed by atoms with Gasteiger partial charge in [0.1, 0.15) is 17.5 Å². The van der Waals surface area contributed by atoms with E-state index in [0.29, 0.717) is 30.2 Å². The number of pyridine rings is 1. The summed E-state index contributed by atoms with van der Waals surface area (Å²) in [6.45, 7) is 0.626. The van der Waals surface area contributed by atoms with Crippen molar-refractivity contribution < 1.29 is 17.9 Å². The number of carbonyl (C=O) groups is 1. The molecule has 7 nitrogen and oxygen atoms in total. The molecule has 1 amide bonds. The first-order valence-corrected chi connectivity index (χ1v) is 9.86. The lowest BCUT2D eigenvalue weighted by Gasteiger charge is -2.32. The first-order chi connectivity index (χ1) is 12.4. The molecule has 1 atom stereocenters. The number of amides is 1. The first-order valence-electron chi connectivity index (χ1n) is 8.04. The number of piperidine rings is 1. The van der Waals surface area contributed by atoms with E-state index in [9.17, 15) is 13.2 Å². The second-order valence-electron chi connectivity index (χ2n) is 5.94. The maximum absolute atomic E-state index is 12.8. The Morgan fingerprint density at radius 1 is 1.31 bits per heavy atom. The van der Waals surface area contributed by atoms with Crippen LogP contribution in [0.3, 0.4) is 0 Å². The molecule has 0 saturated carbocycles. The van der Waals surface area contributed by atoms with Crippen LogP contribution in [0, 0.1) is 0 Å². The molecule has 0 spiro atoms. The monoisotopic (exact) mass is 395 g/mol. The summed E-state index contributed by atoms with van der Waals surface area (Å²) < 4.78 is 32.9. The van der Waals surface area contributed by atoms with Crippen molar-refractivity contribution in [2.45, 2.75) is 23.8 Å². The molecule has 1 saturated heterocycles. The van der Waals surface area contributed by atoms with Gasteiger partial charge in [-0.05, 0) is 37.1 Å². The Morgan fingerprint density at radius 3 is 2.85 bits per heavy atom. The van der Waals surface area contributed by atoms with Gasteiger partial charge in [-0.15, -0.1) is 0 Å². The molecule has 2 heterocycles. The number of hydrogen-bond acceptors (Lipinski definition) is 5. The molecule has 0 aliphatic carbocycles. The fourth-order valence-corrected chi connectivity index (χ4v) is 4.62. The second kappa shape index (κ2) is 7.61. The minimum Gasteiger partial charge on any atom is -0.489 e. The lowest BCUT2D eigenvalue weighted by Crippen LogP contribution is -2.44. The number of carbonyl (C=O) groups excluding carboxylic acids is 1. The average molecular weight is 396 g/mol. The van der Waals surface area contributed by atoms with Gasteiger partial charge in [0.15, 0.2) is 0 Å². The van der Waals surface area contributed by atoms with Gasteiger partial charge in [0.05, 0.1) is 11.4 Å². The number of aromatic nitrogens is 1. The Balaban J connectivity index is 1.75. The Hall–Kier alpha value is -2.16. The number of nitrogens with two attached hydrogens (primary N) is 1. The third-order valence-corrected chi connectivity index (χ3v) is 6.16. The topological polar surface area (TPSA) is 103 Å². The summed E-state index contributed by atoms with van der Waals surface area (Å²) in [5, 5.41) is 0.367. The van der Waals surface area contributed by atoms with Crippen molar-refractivity contribution in [2.75, 3.05) is 13.1 Å². The van der Waals surface area contributed by atoms with Crippen LogP contribution in [0.15, 0.2) is 47.5 Å². The fourth-order valence-electron chi connectivity index (χ4n) is 2.81. The molecular formula is C17H18ClN3O4S. The minimum absolute atomic E-state index is 0.0988. The van der Waals surface area contributed by atoms with E-state index in [0.717, 1.165) is 0 Å². The summed E-state index contributed by atoms with van der Waals surface area (Å²) in [5.74, 6) is -0.218. The van der Waals surface area contributed by atoms with E-state index in [1.807, 2.05) is 0 Å². The number of sulfonamides is 1. The maximum Gasteiger partial charge on any atom is 0.267 e. The standard InChI is InChI=1S/C17H18ClN3O4S/c18-12-3-1-5-15(9-12)26(23,24)21-8-2-4-14(11-21)25-13-6-7-20-16(10-13)17(19)22/h1,3,5-7,9-10,14H,2,4,8,11H2,(H2,19,22). The molecule has 0 bridgehead atoms.